The summed E-state index contributed by atoms with van der Waals surface area (Å²) in [4.78, 5) is 13.3. The second-order valence-electron chi connectivity index (χ2n) is 2.88. The second kappa shape index (κ2) is 6.18. The quantitative estimate of drug-likeness (QED) is 0.575. The number of halogens is 1. The van der Waals surface area contributed by atoms with Crippen LogP contribution in [0.3, 0.4) is 0 Å². The molecule has 2 nitrogen and oxygen atoms in total. The summed E-state index contributed by atoms with van der Waals surface area (Å²) in [5.74, 6) is 2.46. The fourth-order valence-corrected chi connectivity index (χ4v) is 3.13. The molecule has 1 aromatic rings. The van der Waals surface area contributed by atoms with Crippen molar-refractivity contribution >= 4 is 44.4 Å². The summed E-state index contributed by atoms with van der Waals surface area (Å²) in [5, 5.41) is 0. The van der Waals surface area contributed by atoms with Crippen molar-refractivity contribution in [1.82, 2.24) is 4.90 Å². The number of carbonyl (C=O) groups excluding carboxylic acids is 1. The fraction of sp³-hybridized carbons (Fsp3) is 0.182. The number of nitrogens with zero attached hydrogens (tertiary/aromatic N) is 1. The molecular weight excluding hydrogens is 370 g/mol. The Labute approximate surface area is 108 Å². The molecule has 78 valence electrons. The van der Waals surface area contributed by atoms with Crippen LogP contribution < -0.4 is 3.61 Å². The van der Waals surface area contributed by atoms with Gasteiger partial charge in [0.15, 0.2) is 0 Å². The molecule has 4 heteroatoms. The SMILES string of the molecule is C#CCN(C)C(=O)[Te]c1ccc(Br)cc1. The summed E-state index contributed by atoms with van der Waals surface area (Å²) in [6, 6.07) is 7.87. The molecule has 0 aliphatic heterocycles. The summed E-state index contributed by atoms with van der Waals surface area (Å²) in [5.41, 5.74) is 0. The maximum atomic E-state index is 11.7. The van der Waals surface area contributed by atoms with Crippen molar-refractivity contribution in [2.45, 2.75) is 0 Å². The zero-order chi connectivity index (χ0) is 11.3. The van der Waals surface area contributed by atoms with E-state index >= 15 is 0 Å². The fourth-order valence-electron chi connectivity index (χ4n) is 0.883. The van der Waals surface area contributed by atoms with Crippen molar-refractivity contribution in [3.05, 3.63) is 28.7 Å². The zero-order valence-electron chi connectivity index (χ0n) is 8.24. The first-order chi connectivity index (χ1) is 7.13. The van der Waals surface area contributed by atoms with Gasteiger partial charge in [-0.3, -0.25) is 0 Å². The van der Waals surface area contributed by atoms with Gasteiger partial charge < -0.3 is 0 Å². The van der Waals surface area contributed by atoms with Gasteiger partial charge in [-0.05, 0) is 0 Å². The van der Waals surface area contributed by atoms with Gasteiger partial charge in [-0.1, -0.05) is 0 Å². The number of rotatable bonds is 3. The Morgan fingerprint density at radius 1 is 1.53 bits per heavy atom. The third-order valence-electron chi connectivity index (χ3n) is 1.66. The molecule has 0 radical (unpaired) electrons. The molecule has 0 fully saturated rings. The summed E-state index contributed by atoms with van der Waals surface area (Å²) < 4.78 is 2.32. The molecule has 0 heterocycles. The molecule has 0 aliphatic carbocycles. The molecule has 0 unspecified atom stereocenters. The molecule has 0 bridgehead atoms. The summed E-state index contributed by atoms with van der Waals surface area (Å²) in [6.45, 7) is 0.389. The van der Waals surface area contributed by atoms with Crippen molar-refractivity contribution in [3.63, 3.8) is 0 Å². The van der Waals surface area contributed by atoms with E-state index in [4.69, 9.17) is 6.42 Å². The van der Waals surface area contributed by atoms with E-state index in [1.54, 1.807) is 11.9 Å². The standard InChI is InChI=1S/C11H10BrNOTe/c1-3-8-13(2)11(14)15-10-6-4-9(12)5-7-10/h1,4-7H,8H2,2H3. The predicted octanol–water partition coefficient (Wildman–Crippen LogP) is 1.46. The third kappa shape index (κ3) is 4.26. The van der Waals surface area contributed by atoms with Gasteiger partial charge in [0.05, 0.1) is 0 Å². The summed E-state index contributed by atoms with van der Waals surface area (Å²) >= 11 is 2.54. The van der Waals surface area contributed by atoms with Crippen LogP contribution in [0.25, 0.3) is 0 Å². The number of carbonyl (C=O) groups is 1. The Kier molecular flexibility index (Phi) is 5.19. The van der Waals surface area contributed by atoms with E-state index in [0.717, 1.165) is 8.08 Å². The van der Waals surface area contributed by atoms with E-state index in [0.29, 0.717) is 6.54 Å². The first kappa shape index (κ1) is 12.6. The van der Waals surface area contributed by atoms with E-state index in [-0.39, 0.29) is 3.96 Å². The third-order valence-corrected chi connectivity index (χ3v) is 5.03. The molecule has 0 aromatic heterocycles. The molecule has 0 saturated heterocycles. The van der Waals surface area contributed by atoms with E-state index in [9.17, 15) is 4.79 Å². The van der Waals surface area contributed by atoms with Crippen LogP contribution >= 0.6 is 15.9 Å². The van der Waals surface area contributed by atoms with Crippen molar-refractivity contribution in [3.8, 4) is 12.3 Å². The Balaban J connectivity index is 2.59. The molecule has 1 aromatic carbocycles. The van der Waals surface area contributed by atoms with Crippen LogP contribution in [-0.4, -0.2) is 43.4 Å². The predicted molar refractivity (Wildman–Crippen MR) is 66.4 cm³/mol. The van der Waals surface area contributed by atoms with Crippen molar-refractivity contribution in [2.24, 2.45) is 0 Å². The molecule has 1 amide bonds. The minimum absolute atomic E-state index is 0.167. The summed E-state index contributed by atoms with van der Waals surface area (Å²) in [6.07, 6.45) is 5.14. The van der Waals surface area contributed by atoms with Crippen LogP contribution in [0.2, 0.25) is 0 Å². The van der Waals surface area contributed by atoms with Gasteiger partial charge in [0.2, 0.25) is 0 Å². The van der Waals surface area contributed by atoms with Gasteiger partial charge >= 0.3 is 109 Å². The first-order valence-corrected chi connectivity index (χ1v) is 7.38. The molecule has 15 heavy (non-hydrogen) atoms. The monoisotopic (exact) mass is 381 g/mol. The van der Waals surface area contributed by atoms with E-state index in [1.807, 2.05) is 24.3 Å². The zero-order valence-corrected chi connectivity index (χ0v) is 12.2. The van der Waals surface area contributed by atoms with E-state index in [2.05, 4.69) is 21.9 Å². The number of terminal acetylenes is 1. The molecular formula is C11H10BrNOTe. The van der Waals surface area contributed by atoms with Gasteiger partial charge in [-0.15, -0.1) is 0 Å². The number of hydrogen-bond acceptors (Lipinski definition) is 1. The minimum atomic E-state index is -0.817. The van der Waals surface area contributed by atoms with Crippen LogP contribution in [0.1, 0.15) is 0 Å². The Morgan fingerprint density at radius 2 is 2.13 bits per heavy atom. The number of hydrogen-bond donors (Lipinski definition) is 0. The average Bonchev–Trinajstić information content (AvgIpc) is 2.22. The Hall–Kier alpha value is -0.480. The van der Waals surface area contributed by atoms with Crippen LogP contribution in [-0.2, 0) is 0 Å². The topological polar surface area (TPSA) is 20.3 Å². The normalized spacial score (nSPS) is 9.40. The van der Waals surface area contributed by atoms with Crippen LogP contribution in [0.15, 0.2) is 28.7 Å². The Morgan fingerprint density at radius 3 is 2.67 bits per heavy atom. The van der Waals surface area contributed by atoms with Crippen molar-refractivity contribution < 1.29 is 4.79 Å². The molecule has 0 aliphatic rings. The second-order valence-corrected chi connectivity index (χ2v) is 6.72. The van der Waals surface area contributed by atoms with E-state index in [1.165, 1.54) is 0 Å². The number of amides is 1. The molecule has 0 spiro atoms. The van der Waals surface area contributed by atoms with Gasteiger partial charge in [-0.25, -0.2) is 0 Å². The molecule has 0 atom stereocenters. The molecule has 1 rings (SSSR count). The van der Waals surface area contributed by atoms with Crippen molar-refractivity contribution in [2.75, 3.05) is 13.6 Å². The maximum absolute atomic E-state index is 11.7. The van der Waals surface area contributed by atoms with Crippen LogP contribution in [0, 0.1) is 12.3 Å². The first-order valence-electron chi connectivity index (χ1n) is 4.25. The van der Waals surface area contributed by atoms with Crippen molar-refractivity contribution in [1.29, 1.82) is 0 Å². The average molecular weight is 380 g/mol. The number of benzene rings is 1. The summed E-state index contributed by atoms with van der Waals surface area (Å²) in [7, 11) is 1.74. The van der Waals surface area contributed by atoms with Gasteiger partial charge in [0, 0.05) is 0 Å². The van der Waals surface area contributed by atoms with Gasteiger partial charge in [0.25, 0.3) is 0 Å². The molecule has 0 saturated carbocycles. The Bertz CT molecular complexity index is 383. The van der Waals surface area contributed by atoms with Crippen LogP contribution in [0.4, 0.5) is 4.79 Å². The van der Waals surface area contributed by atoms with Gasteiger partial charge in [-0.2, -0.15) is 0 Å². The van der Waals surface area contributed by atoms with Gasteiger partial charge in [0.1, 0.15) is 0 Å². The van der Waals surface area contributed by atoms with Crippen LogP contribution in [0.5, 0.6) is 0 Å². The molecule has 0 N–H and O–H groups in total. The van der Waals surface area contributed by atoms with E-state index < -0.39 is 20.9 Å².